The van der Waals surface area contributed by atoms with Gasteiger partial charge in [-0.1, -0.05) is 0 Å². The van der Waals surface area contributed by atoms with E-state index in [1.807, 2.05) is 0 Å². The average molecular weight is 299 g/mol. The van der Waals surface area contributed by atoms with Gasteiger partial charge < -0.3 is 5.11 Å². The van der Waals surface area contributed by atoms with Crippen LogP contribution in [0.25, 0.3) is 0 Å². The molecule has 0 spiro atoms. The molecule has 6 nitrogen and oxygen atoms in total. The lowest BCUT2D eigenvalue weighted by molar-refractivity contribution is 0.288. The van der Waals surface area contributed by atoms with Gasteiger partial charge >= 0.3 is 0 Å². The fourth-order valence-corrected chi connectivity index (χ4v) is 4.65. The van der Waals surface area contributed by atoms with E-state index in [0.29, 0.717) is 29.7 Å². The summed E-state index contributed by atoms with van der Waals surface area (Å²) >= 11 is 0.641. The van der Waals surface area contributed by atoms with E-state index in [2.05, 4.69) is 0 Å². The third-order valence-electron chi connectivity index (χ3n) is 1.97. The van der Waals surface area contributed by atoms with Crippen LogP contribution in [0.5, 0.6) is 0 Å². The van der Waals surface area contributed by atoms with Crippen LogP contribution in [0, 0.1) is 0 Å². The number of hydrogen-bond acceptors (Lipinski definition) is 6. The molecule has 0 fully saturated rings. The van der Waals surface area contributed by atoms with Gasteiger partial charge in [0.2, 0.25) is 10.0 Å². The highest BCUT2D eigenvalue weighted by Gasteiger charge is 2.22. The van der Waals surface area contributed by atoms with Crippen LogP contribution < -0.4 is 5.14 Å². The Balaban J connectivity index is 3.32. The molecule has 1 rings (SSSR count). The Kier molecular flexibility index (Phi) is 4.31. The first-order chi connectivity index (χ1) is 7.66. The number of hydrogen-bond donors (Lipinski definition) is 2. The molecule has 0 saturated carbocycles. The zero-order chi connectivity index (χ0) is 13.3. The summed E-state index contributed by atoms with van der Waals surface area (Å²) < 4.78 is 45.0. The third kappa shape index (κ3) is 3.75. The Bertz CT molecular complexity index is 599. The first-order valence-corrected chi connectivity index (χ1v) is 8.88. The standard InChI is InChI=1S/C8H13NO5S3/c1-16(11,12)8-6(3-2-4-10)5-7(15-8)17(9,13)14/h5,10H,2-4H2,1H3,(H2,9,13,14). The van der Waals surface area contributed by atoms with Crippen LogP contribution >= 0.6 is 11.3 Å². The number of primary sulfonamides is 1. The Morgan fingerprint density at radius 2 is 1.94 bits per heavy atom. The number of sulfonamides is 1. The van der Waals surface area contributed by atoms with Gasteiger partial charge in [-0.05, 0) is 24.5 Å². The quantitative estimate of drug-likeness (QED) is 0.776. The minimum absolute atomic E-state index is 0.00465. The molecule has 9 heteroatoms. The molecule has 0 aromatic carbocycles. The first kappa shape index (κ1) is 14.6. The summed E-state index contributed by atoms with van der Waals surface area (Å²) in [5, 5.41) is 13.6. The van der Waals surface area contributed by atoms with Gasteiger partial charge in [-0.25, -0.2) is 22.0 Å². The predicted octanol–water partition coefficient (Wildman–Crippen LogP) is -0.276. The summed E-state index contributed by atoms with van der Waals surface area (Å²) in [6, 6.07) is 1.26. The number of nitrogens with two attached hydrogens (primary N) is 1. The molecule has 17 heavy (non-hydrogen) atoms. The van der Waals surface area contributed by atoms with E-state index in [1.54, 1.807) is 0 Å². The van der Waals surface area contributed by atoms with Crippen molar-refractivity contribution in [1.29, 1.82) is 0 Å². The van der Waals surface area contributed by atoms with E-state index in [-0.39, 0.29) is 15.0 Å². The molecule has 1 heterocycles. The maximum absolute atomic E-state index is 11.5. The van der Waals surface area contributed by atoms with Crippen LogP contribution in [0.15, 0.2) is 14.5 Å². The van der Waals surface area contributed by atoms with Crippen molar-refractivity contribution in [2.45, 2.75) is 21.3 Å². The average Bonchev–Trinajstić information content (AvgIpc) is 2.56. The molecule has 0 unspecified atom stereocenters. The molecular weight excluding hydrogens is 286 g/mol. The van der Waals surface area contributed by atoms with Gasteiger partial charge in [0.25, 0.3) is 0 Å². The van der Waals surface area contributed by atoms with Gasteiger partial charge in [0.1, 0.15) is 8.42 Å². The number of aliphatic hydroxyl groups excluding tert-OH is 1. The summed E-state index contributed by atoms with van der Waals surface area (Å²) in [6.45, 7) is -0.0935. The highest BCUT2D eigenvalue weighted by Crippen LogP contribution is 2.30. The molecule has 0 aliphatic carbocycles. The molecule has 0 aliphatic rings. The molecule has 0 amide bonds. The third-order valence-corrected chi connectivity index (χ3v) is 6.46. The molecule has 1 aromatic rings. The van der Waals surface area contributed by atoms with E-state index in [0.717, 1.165) is 6.26 Å². The molecule has 0 aliphatic heterocycles. The minimum atomic E-state index is -3.90. The highest BCUT2D eigenvalue weighted by molar-refractivity contribution is 7.94. The van der Waals surface area contributed by atoms with Gasteiger partial charge in [0.15, 0.2) is 9.84 Å². The highest BCUT2D eigenvalue weighted by atomic mass is 32.3. The van der Waals surface area contributed by atoms with Crippen molar-refractivity contribution >= 4 is 31.2 Å². The van der Waals surface area contributed by atoms with Crippen molar-refractivity contribution < 1.29 is 21.9 Å². The van der Waals surface area contributed by atoms with Gasteiger partial charge in [-0.3, -0.25) is 0 Å². The molecule has 0 bridgehead atoms. The molecule has 0 radical (unpaired) electrons. The smallest absolute Gasteiger partial charge is 0.247 e. The van der Waals surface area contributed by atoms with Crippen LogP contribution in [-0.2, 0) is 26.3 Å². The lowest BCUT2D eigenvalue weighted by atomic mass is 10.2. The van der Waals surface area contributed by atoms with E-state index in [1.165, 1.54) is 6.07 Å². The molecule has 1 aromatic heterocycles. The molecule has 3 N–H and O–H groups in total. The lowest BCUT2D eigenvalue weighted by Gasteiger charge is -1.99. The topological polar surface area (TPSA) is 115 Å². The van der Waals surface area contributed by atoms with Gasteiger partial charge in [0, 0.05) is 12.9 Å². The van der Waals surface area contributed by atoms with Crippen LogP contribution in [0.1, 0.15) is 12.0 Å². The van der Waals surface area contributed by atoms with Gasteiger partial charge in [0.05, 0.1) is 0 Å². The molecular formula is C8H13NO5S3. The number of rotatable bonds is 5. The Morgan fingerprint density at radius 3 is 2.35 bits per heavy atom. The Hall–Kier alpha value is -0.480. The van der Waals surface area contributed by atoms with Crippen molar-refractivity contribution in [3.63, 3.8) is 0 Å². The zero-order valence-electron chi connectivity index (χ0n) is 9.08. The van der Waals surface area contributed by atoms with Crippen LogP contribution in [0.4, 0.5) is 0 Å². The Labute approximate surface area is 104 Å². The van der Waals surface area contributed by atoms with Crippen LogP contribution in [0.3, 0.4) is 0 Å². The molecule has 98 valence electrons. The monoisotopic (exact) mass is 299 g/mol. The minimum Gasteiger partial charge on any atom is -0.396 e. The Morgan fingerprint density at radius 1 is 1.35 bits per heavy atom. The lowest BCUT2D eigenvalue weighted by Crippen LogP contribution is -2.10. The first-order valence-electron chi connectivity index (χ1n) is 4.62. The summed E-state index contributed by atoms with van der Waals surface area (Å²) in [7, 11) is -7.38. The van der Waals surface area contributed by atoms with E-state index >= 15 is 0 Å². The van der Waals surface area contributed by atoms with Crippen molar-refractivity contribution in [3.05, 3.63) is 11.6 Å². The number of sulfone groups is 1. The second kappa shape index (κ2) is 5.02. The SMILES string of the molecule is CS(=O)(=O)c1sc(S(N)(=O)=O)cc1CCCO. The maximum atomic E-state index is 11.5. The van der Waals surface area contributed by atoms with E-state index in [9.17, 15) is 16.8 Å². The molecule has 0 atom stereocenters. The van der Waals surface area contributed by atoms with Crippen molar-refractivity contribution in [2.24, 2.45) is 5.14 Å². The largest absolute Gasteiger partial charge is 0.396 e. The summed E-state index contributed by atoms with van der Waals surface area (Å²) in [5.74, 6) is 0. The fraction of sp³-hybridized carbons (Fsp3) is 0.500. The maximum Gasteiger partial charge on any atom is 0.247 e. The van der Waals surface area contributed by atoms with Gasteiger partial charge in [-0.2, -0.15) is 0 Å². The number of thiophene rings is 1. The van der Waals surface area contributed by atoms with Gasteiger partial charge in [-0.15, -0.1) is 11.3 Å². The normalized spacial score (nSPS) is 12.9. The summed E-state index contributed by atoms with van der Waals surface area (Å²) in [5.41, 5.74) is 0.385. The number of aliphatic hydroxyl groups is 1. The summed E-state index contributed by atoms with van der Waals surface area (Å²) in [6.07, 6.45) is 1.67. The van der Waals surface area contributed by atoms with Crippen molar-refractivity contribution in [2.75, 3.05) is 12.9 Å². The van der Waals surface area contributed by atoms with E-state index in [4.69, 9.17) is 10.2 Å². The van der Waals surface area contributed by atoms with Crippen molar-refractivity contribution in [1.82, 2.24) is 0 Å². The van der Waals surface area contributed by atoms with Crippen LogP contribution in [0.2, 0.25) is 0 Å². The van der Waals surface area contributed by atoms with E-state index < -0.39 is 19.9 Å². The zero-order valence-corrected chi connectivity index (χ0v) is 11.5. The molecule has 0 saturated heterocycles. The fourth-order valence-electron chi connectivity index (χ4n) is 1.29. The van der Waals surface area contributed by atoms with Crippen molar-refractivity contribution in [3.8, 4) is 0 Å². The predicted molar refractivity (Wildman–Crippen MR) is 64.2 cm³/mol. The number of aryl methyl sites for hydroxylation is 1. The van der Waals surface area contributed by atoms with Crippen LogP contribution in [-0.4, -0.2) is 34.8 Å². The summed E-state index contributed by atoms with van der Waals surface area (Å²) in [4.78, 5) is 0. The second-order valence-electron chi connectivity index (χ2n) is 3.52. The second-order valence-corrected chi connectivity index (χ2v) is 8.57.